The fraction of sp³-hybridized carbons (Fsp3) is 0.333. The monoisotopic (exact) mass is 389 g/mol. The van der Waals surface area contributed by atoms with Gasteiger partial charge in [-0.2, -0.15) is 0 Å². The summed E-state index contributed by atoms with van der Waals surface area (Å²) >= 11 is 0. The van der Waals surface area contributed by atoms with Crippen LogP contribution < -0.4 is 0 Å². The van der Waals surface area contributed by atoms with Crippen LogP contribution in [0.5, 0.6) is 0 Å². The average molecular weight is 389 g/mol. The van der Waals surface area contributed by atoms with Crippen molar-refractivity contribution >= 4 is 22.7 Å². The third kappa shape index (κ3) is 3.90. The molecule has 1 aliphatic rings. The molecule has 1 saturated heterocycles. The number of nitrogens with zero attached hydrogens (tertiary/aromatic N) is 3. The maximum atomic E-state index is 13.1. The van der Waals surface area contributed by atoms with E-state index in [0.717, 1.165) is 16.5 Å². The van der Waals surface area contributed by atoms with E-state index in [1.807, 2.05) is 84.2 Å². The number of likely N-dealkylation sites (tertiary alicyclic amines) is 1. The number of rotatable bonds is 4. The molecule has 2 amide bonds. The number of aromatic nitrogens is 1. The van der Waals surface area contributed by atoms with Crippen molar-refractivity contribution in [3.8, 4) is 0 Å². The van der Waals surface area contributed by atoms with Gasteiger partial charge < -0.3 is 14.4 Å². The summed E-state index contributed by atoms with van der Waals surface area (Å²) in [4.78, 5) is 29.6. The number of carbonyl (C=O) groups is 2. The molecule has 1 aliphatic heterocycles. The van der Waals surface area contributed by atoms with Crippen molar-refractivity contribution < 1.29 is 9.59 Å². The lowest BCUT2D eigenvalue weighted by atomic mass is 9.95. The van der Waals surface area contributed by atoms with Crippen molar-refractivity contribution in [1.82, 2.24) is 14.4 Å². The van der Waals surface area contributed by atoms with Gasteiger partial charge in [0, 0.05) is 50.6 Å². The van der Waals surface area contributed by atoms with Crippen molar-refractivity contribution in [3.63, 3.8) is 0 Å². The van der Waals surface area contributed by atoms with E-state index in [-0.39, 0.29) is 17.7 Å². The molecule has 0 bridgehead atoms. The van der Waals surface area contributed by atoms with Crippen molar-refractivity contribution in [2.75, 3.05) is 20.1 Å². The number of para-hydroxylation sites is 1. The van der Waals surface area contributed by atoms with Crippen LogP contribution in [-0.2, 0) is 18.4 Å². The fourth-order valence-corrected chi connectivity index (χ4v) is 4.23. The summed E-state index contributed by atoms with van der Waals surface area (Å²) < 4.78 is 1.96. The highest BCUT2D eigenvalue weighted by Crippen LogP contribution is 2.24. The molecular formula is C24H27N3O2. The highest BCUT2D eigenvalue weighted by atomic mass is 16.2. The minimum absolute atomic E-state index is 0.0137. The van der Waals surface area contributed by atoms with E-state index < -0.39 is 0 Å². The van der Waals surface area contributed by atoms with Gasteiger partial charge in [0.2, 0.25) is 5.91 Å². The van der Waals surface area contributed by atoms with Crippen LogP contribution >= 0.6 is 0 Å². The van der Waals surface area contributed by atoms with Crippen molar-refractivity contribution in [1.29, 1.82) is 0 Å². The number of benzene rings is 2. The normalized spacial score (nSPS) is 14.9. The predicted molar refractivity (Wildman–Crippen MR) is 114 cm³/mol. The number of piperidine rings is 1. The van der Waals surface area contributed by atoms with E-state index in [4.69, 9.17) is 0 Å². The molecule has 0 saturated carbocycles. The van der Waals surface area contributed by atoms with Gasteiger partial charge in [-0.15, -0.1) is 0 Å². The SMILES string of the molecule is CN(Cc1ccccc1)C(=O)C1CCN(C(=O)c2cc3ccccc3n2C)CC1. The van der Waals surface area contributed by atoms with Gasteiger partial charge in [-0.1, -0.05) is 48.5 Å². The third-order valence-corrected chi connectivity index (χ3v) is 5.94. The molecule has 29 heavy (non-hydrogen) atoms. The van der Waals surface area contributed by atoms with Gasteiger partial charge in [-0.05, 0) is 30.5 Å². The Balaban J connectivity index is 1.37. The standard InChI is InChI=1S/C24H27N3O2/c1-25(17-18-8-4-3-5-9-18)23(28)19-12-14-27(15-13-19)24(29)22-16-20-10-6-7-11-21(20)26(22)2/h3-11,16,19H,12-15,17H2,1-2H3. The average Bonchev–Trinajstić information content (AvgIpc) is 3.10. The van der Waals surface area contributed by atoms with Crippen LogP contribution in [0, 0.1) is 5.92 Å². The minimum atomic E-state index is -0.0137. The maximum absolute atomic E-state index is 13.1. The molecule has 0 N–H and O–H groups in total. The summed E-state index contributed by atoms with van der Waals surface area (Å²) in [6, 6.07) is 20.0. The van der Waals surface area contributed by atoms with Crippen LogP contribution in [0.3, 0.4) is 0 Å². The minimum Gasteiger partial charge on any atom is -0.341 e. The Labute approximate surface area is 171 Å². The zero-order chi connectivity index (χ0) is 20.4. The van der Waals surface area contributed by atoms with Gasteiger partial charge in [-0.3, -0.25) is 9.59 Å². The van der Waals surface area contributed by atoms with Gasteiger partial charge in [0.05, 0.1) is 0 Å². The number of hydrogen-bond acceptors (Lipinski definition) is 2. The molecule has 4 rings (SSSR count). The molecule has 5 nitrogen and oxygen atoms in total. The smallest absolute Gasteiger partial charge is 0.270 e. The van der Waals surface area contributed by atoms with Crippen LogP contribution in [0.15, 0.2) is 60.7 Å². The molecule has 0 spiro atoms. The first kappa shape index (κ1) is 19.2. The summed E-state index contributed by atoms with van der Waals surface area (Å²) in [7, 11) is 3.80. The van der Waals surface area contributed by atoms with E-state index in [9.17, 15) is 9.59 Å². The Morgan fingerprint density at radius 1 is 1.00 bits per heavy atom. The summed E-state index contributed by atoms with van der Waals surface area (Å²) in [6.45, 7) is 1.86. The molecular weight excluding hydrogens is 362 g/mol. The Morgan fingerprint density at radius 3 is 2.34 bits per heavy atom. The summed E-state index contributed by atoms with van der Waals surface area (Å²) in [5.74, 6) is 0.207. The van der Waals surface area contributed by atoms with Crippen LogP contribution in [0.1, 0.15) is 28.9 Å². The van der Waals surface area contributed by atoms with E-state index in [1.54, 1.807) is 4.90 Å². The Bertz CT molecular complexity index is 1020. The van der Waals surface area contributed by atoms with Crippen LogP contribution in [-0.4, -0.2) is 46.3 Å². The van der Waals surface area contributed by atoms with Crippen molar-refractivity contribution in [2.45, 2.75) is 19.4 Å². The fourth-order valence-electron chi connectivity index (χ4n) is 4.23. The lowest BCUT2D eigenvalue weighted by Crippen LogP contribution is -2.43. The molecule has 2 aromatic carbocycles. The van der Waals surface area contributed by atoms with E-state index >= 15 is 0 Å². The van der Waals surface area contributed by atoms with Crippen LogP contribution in [0.2, 0.25) is 0 Å². The summed E-state index contributed by atoms with van der Waals surface area (Å²) in [5, 5.41) is 1.07. The first-order valence-corrected chi connectivity index (χ1v) is 10.2. The number of hydrogen-bond donors (Lipinski definition) is 0. The lowest BCUT2D eigenvalue weighted by molar-refractivity contribution is -0.136. The van der Waals surface area contributed by atoms with E-state index in [2.05, 4.69) is 0 Å². The Hall–Kier alpha value is -3.08. The lowest BCUT2D eigenvalue weighted by Gasteiger charge is -2.33. The zero-order valence-electron chi connectivity index (χ0n) is 17.0. The number of fused-ring (bicyclic) bond motifs is 1. The first-order valence-electron chi connectivity index (χ1n) is 10.2. The van der Waals surface area contributed by atoms with Gasteiger partial charge in [0.25, 0.3) is 5.91 Å². The topological polar surface area (TPSA) is 45.6 Å². The van der Waals surface area contributed by atoms with E-state index in [1.165, 1.54) is 0 Å². The molecule has 150 valence electrons. The molecule has 2 heterocycles. The van der Waals surface area contributed by atoms with Gasteiger partial charge in [0.15, 0.2) is 0 Å². The van der Waals surface area contributed by atoms with Gasteiger partial charge in [0.1, 0.15) is 5.69 Å². The second-order valence-corrected chi connectivity index (χ2v) is 7.89. The highest BCUT2D eigenvalue weighted by Gasteiger charge is 2.30. The summed E-state index contributed by atoms with van der Waals surface area (Å²) in [6.07, 6.45) is 1.43. The molecule has 5 heteroatoms. The van der Waals surface area contributed by atoms with Gasteiger partial charge in [-0.25, -0.2) is 0 Å². The van der Waals surface area contributed by atoms with Crippen LogP contribution in [0.25, 0.3) is 10.9 Å². The largest absolute Gasteiger partial charge is 0.341 e. The van der Waals surface area contributed by atoms with Crippen molar-refractivity contribution in [2.24, 2.45) is 13.0 Å². The number of amides is 2. The maximum Gasteiger partial charge on any atom is 0.270 e. The van der Waals surface area contributed by atoms with Crippen molar-refractivity contribution in [3.05, 3.63) is 71.9 Å². The number of carbonyl (C=O) groups excluding carboxylic acids is 2. The number of aryl methyl sites for hydroxylation is 1. The molecule has 3 aromatic rings. The molecule has 0 unspecified atom stereocenters. The molecule has 0 radical (unpaired) electrons. The van der Waals surface area contributed by atoms with Gasteiger partial charge >= 0.3 is 0 Å². The van der Waals surface area contributed by atoms with Crippen LogP contribution in [0.4, 0.5) is 0 Å². The molecule has 1 aromatic heterocycles. The second kappa shape index (κ2) is 8.11. The Kier molecular flexibility index (Phi) is 5.38. The third-order valence-electron chi connectivity index (χ3n) is 5.94. The highest BCUT2D eigenvalue weighted by molar-refractivity contribution is 5.98. The first-order chi connectivity index (χ1) is 14.0. The molecule has 0 atom stereocenters. The molecule has 1 fully saturated rings. The predicted octanol–water partition coefficient (Wildman–Crippen LogP) is 3.69. The molecule has 0 aliphatic carbocycles. The second-order valence-electron chi connectivity index (χ2n) is 7.89. The van der Waals surface area contributed by atoms with E-state index in [0.29, 0.717) is 38.2 Å². The Morgan fingerprint density at radius 2 is 1.66 bits per heavy atom. The zero-order valence-corrected chi connectivity index (χ0v) is 17.0. The summed E-state index contributed by atoms with van der Waals surface area (Å²) in [5.41, 5.74) is 2.90. The quantitative estimate of drug-likeness (QED) is 0.683.